The first-order valence-corrected chi connectivity index (χ1v) is 8.98. The van der Waals surface area contributed by atoms with Crippen LogP contribution < -0.4 is 4.74 Å². The quantitative estimate of drug-likeness (QED) is 0.606. The van der Waals surface area contributed by atoms with Gasteiger partial charge in [0.25, 0.3) is 0 Å². The number of aromatic nitrogens is 1. The van der Waals surface area contributed by atoms with E-state index in [4.69, 9.17) is 4.74 Å². The Morgan fingerprint density at radius 2 is 1.96 bits per heavy atom. The number of rotatable bonds is 8. The molecule has 3 aromatic rings. The van der Waals surface area contributed by atoms with E-state index in [-0.39, 0.29) is 5.97 Å². The zero-order chi connectivity index (χ0) is 19.1. The molecular weight excluding hydrogens is 342 g/mol. The number of esters is 1. The molecule has 1 unspecified atom stereocenters. The van der Waals surface area contributed by atoms with Gasteiger partial charge in [0.2, 0.25) is 0 Å². The van der Waals surface area contributed by atoms with Crippen LogP contribution in [0.2, 0.25) is 0 Å². The SMILES string of the molecule is COC(=O)CCCC(O)c1cccc(OCc2ccc3ccccc3n2)c1. The standard InChI is InChI=1S/C22H23NO4/c1-26-22(25)11-5-10-21(24)17-7-4-8-19(14-17)27-15-18-13-12-16-6-2-3-9-20(16)23-18/h2-4,6-9,12-14,21,24H,5,10-11,15H2,1H3. The molecule has 1 N–H and O–H groups in total. The Morgan fingerprint density at radius 1 is 1.11 bits per heavy atom. The van der Waals surface area contributed by atoms with Crippen LogP contribution in [0.25, 0.3) is 10.9 Å². The number of benzene rings is 2. The van der Waals surface area contributed by atoms with E-state index < -0.39 is 6.10 Å². The van der Waals surface area contributed by atoms with Crippen molar-refractivity contribution < 1.29 is 19.4 Å². The van der Waals surface area contributed by atoms with Crippen LogP contribution in [-0.2, 0) is 16.1 Å². The molecule has 27 heavy (non-hydrogen) atoms. The molecule has 0 aliphatic rings. The summed E-state index contributed by atoms with van der Waals surface area (Å²) in [6.45, 7) is 0.354. The number of aliphatic hydroxyl groups is 1. The number of fused-ring (bicyclic) bond motifs is 1. The second-order valence-electron chi connectivity index (χ2n) is 6.34. The third kappa shape index (κ3) is 5.28. The minimum atomic E-state index is -0.642. The third-order valence-corrected chi connectivity index (χ3v) is 4.37. The number of para-hydroxylation sites is 1. The first-order valence-electron chi connectivity index (χ1n) is 8.98. The molecule has 0 radical (unpaired) electrons. The van der Waals surface area contributed by atoms with Crippen LogP contribution in [0.3, 0.4) is 0 Å². The summed E-state index contributed by atoms with van der Waals surface area (Å²) in [6, 6.07) is 19.3. The highest BCUT2D eigenvalue weighted by Crippen LogP contribution is 2.24. The number of pyridine rings is 1. The van der Waals surface area contributed by atoms with E-state index in [0.29, 0.717) is 31.6 Å². The van der Waals surface area contributed by atoms with Gasteiger partial charge in [-0.1, -0.05) is 36.4 Å². The fourth-order valence-electron chi connectivity index (χ4n) is 2.87. The molecule has 1 aromatic heterocycles. The molecule has 0 saturated heterocycles. The monoisotopic (exact) mass is 365 g/mol. The Bertz CT molecular complexity index is 909. The van der Waals surface area contributed by atoms with Gasteiger partial charge in [-0.05, 0) is 42.7 Å². The van der Waals surface area contributed by atoms with Crippen molar-refractivity contribution in [2.24, 2.45) is 0 Å². The van der Waals surface area contributed by atoms with Crippen LogP contribution in [0.15, 0.2) is 60.7 Å². The highest BCUT2D eigenvalue weighted by atomic mass is 16.5. The Morgan fingerprint density at radius 3 is 2.81 bits per heavy atom. The van der Waals surface area contributed by atoms with Crippen molar-refractivity contribution in [3.8, 4) is 5.75 Å². The maximum Gasteiger partial charge on any atom is 0.305 e. The zero-order valence-electron chi connectivity index (χ0n) is 15.3. The number of hydrogen-bond acceptors (Lipinski definition) is 5. The van der Waals surface area contributed by atoms with Gasteiger partial charge in [-0.15, -0.1) is 0 Å². The van der Waals surface area contributed by atoms with E-state index in [2.05, 4.69) is 9.72 Å². The van der Waals surface area contributed by atoms with Crippen molar-refractivity contribution in [3.05, 3.63) is 71.9 Å². The summed E-state index contributed by atoms with van der Waals surface area (Å²) in [5.41, 5.74) is 2.55. The molecule has 2 aromatic carbocycles. The van der Waals surface area contributed by atoms with Gasteiger partial charge in [0.1, 0.15) is 12.4 Å². The molecule has 0 fully saturated rings. The minimum Gasteiger partial charge on any atom is -0.487 e. The van der Waals surface area contributed by atoms with E-state index in [1.165, 1.54) is 7.11 Å². The van der Waals surface area contributed by atoms with Gasteiger partial charge < -0.3 is 14.6 Å². The topological polar surface area (TPSA) is 68.7 Å². The summed E-state index contributed by atoms with van der Waals surface area (Å²) >= 11 is 0. The largest absolute Gasteiger partial charge is 0.487 e. The summed E-state index contributed by atoms with van der Waals surface area (Å²) in [4.78, 5) is 15.8. The van der Waals surface area contributed by atoms with Gasteiger partial charge in [-0.2, -0.15) is 0 Å². The molecule has 0 amide bonds. The Kier molecular flexibility index (Phi) is 6.39. The van der Waals surface area contributed by atoms with E-state index in [9.17, 15) is 9.90 Å². The number of methoxy groups -OCH3 is 1. The predicted octanol–water partition coefficient (Wildman–Crippen LogP) is 4.19. The lowest BCUT2D eigenvalue weighted by molar-refractivity contribution is -0.140. The van der Waals surface area contributed by atoms with Crippen molar-refractivity contribution in [3.63, 3.8) is 0 Å². The molecule has 0 aliphatic carbocycles. The molecule has 0 aliphatic heterocycles. The summed E-state index contributed by atoms with van der Waals surface area (Å²) in [6.07, 6.45) is 0.722. The van der Waals surface area contributed by atoms with Crippen LogP contribution in [0.5, 0.6) is 5.75 Å². The van der Waals surface area contributed by atoms with Crippen LogP contribution in [0.4, 0.5) is 0 Å². The van der Waals surface area contributed by atoms with Crippen molar-refractivity contribution in [2.45, 2.75) is 32.0 Å². The maximum atomic E-state index is 11.2. The maximum absolute atomic E-state index is 11.2. The average molecular weight is 365 g/mol. The first-order chi connectivity index (χ1) is 13.2. The molecule has 1 atom stereocenters. The average Bonchev–Trinajstić information content (AvgIpc) is 2.72. The molecule has 0 bridgehead atoms. The lowest BCUT2D eigenvalue weighted by Gasteiger charge is -2.13. The number of nitrogens with zero attached hydrogens (tertiary/aromatic N) is 1. The molecule has 5 nitrogen and oxygen atoms in total. The number of carbonyl (C=O) groups excluding carboxylic acids is 1. The van der Waals surface area contributed by atoms with E-state index >= 15 is 0 Å². The van der Waals surface area contributed by atoms with Crippen molar-refractivity contribution in [1.29, 1.82) is 0 Å². The summed E-state index contributed by atoms with van der Waals surface area (Å²) in [7, 11) is 1.37. The smallest absolute Gasteiger partial charge is 0.305 e. The van der Waals surface area contributed by atoms with Gasteiger partial charge in [0.15, 0.2) is 0 Å². The first kappa shape index (κ1) is 18.9. The summed E-state index contributed by atoms with van der Waals surface area (Å²) < 4.78 is 10.5. The Labute approximate surface area is 158 Å². The highest BCUT2D eigenvalue weighted by molar-refractivity contribution is 5.78. The fourth-order valence-corrected chi connectivity index (χ4v) is 2.87. The Balaban J connectivity index is 1.58. The third-order valence-electron chi connectivity index (χ3n) is 4.37. The normalized spacial score (nSPS) is 11.9. The summed E-state index contributed by atoms with van der Waals surface area (Å²) in [5.74, 6) is 0.414. The second-order valence-corrected chi connectivity index (χ2v) is 6.34. The number of aliphatic hydroxyl groups excluding tert-OH is 1. The van der Waals surface area contributed by atoms with E-state index in [1.807, 2.05) is 60.7 Å². The van der Waals surface area contributed by atoms with E-state index in [1.54, 1.807) is 0 Å². The predicted molar refractivity (Wildman–Crippen MR) is 103 cm³/mol. The molecule has 140 valence electrons. The van der Waals surface area contributed by atoms with Crippen LogP contribution in [0.1, 0.15) is 36.6 Å². The molecule has 1 heterocycles. The molecular formula is C22H23NO4. The van der Waals surface area contributed by atoms with Crippen LogP contribution in [0, 0.1) is 0 Å². The lowest BCUT2D eigenvalue weighted by Crippen LogP contribution is -2.03. The van der Waals surface area contributed by atoms with Crippen molar-refractivity contribution in [1.82, 2.24) is 4.98 Å². The molecule has 5 heteroatoms. The lowest BCUT2D eigenvalue weighted by atomic mass is 10.0. The molecule has 3 rings (SSSR count). The number of hydrogen-bond donors (Lipinski definition) is 1. The van der Waals surface area contributed by atoms with E-state index in [0.717, 1.165) is 22.2 Å². The summed E-state index contributed by atoms with van der Waals surface area (Å²) in [5, 5.41) is 11.4. The molecule has 0 spiro atoms. The van der Waals surface area contributed by atoms with Crippen molar-refractivity contribution in [2.75, 3.05) is 7.11 Å². The highest BCUT2D eigenvalue weighted by Gasteiger charge is 2.10. The van der Waals surface area contributed by atoms with Gasteiger partial charge in [0, 0.05) is 11.8 Å². The van der Waals surface area contributed by atoms with Crippen molar-refractivity contribution >= 4 is 16.9 Å². The fraction of sp³-hybridized carbons (Fsp3) is 0.273. The van der Waals surface area contributed by atoms with Crippen LogP contribution in [-0.4, -0.2) is 23.2 Å². The number of ether oxygens (including phenoxy) is 2. The van der Waals surface area contributed by atoms with Crippen LogP contribution >= 0.6 is 0 Å². The Hall–Kier alpha value is -2.92. The van der Waals surface area contributed by atoms with Gasteiger partial charge in [-0.25, -0.2) is 4.98 Å². The number of carbonyl (C=O) groups is 1. The zero-order valence-corrected chi connectivity index (χ0v) is 15.3. The van der Waals surface area contributed by atoms with Gasteiger partial charge >= 0.3 is 5.97 Å². The second kappa shape index (κ2) is 9.14. The van der Waals surface area contributed by atoms with Gasteiger partial charge in [0.05, 0.1) is 24.4 Å². The minimum absolute atomic E-state index is 0.262. The molecule has 0 saturated carbocycles. The van der Waals surface area contributed by atoms with Gasteiger partial charge in [-0.3, -0.25) is 4.79 Å².